The van der Waals surface area contributed by atoms with Gasteiger partial charge in [0, 0.05) is 25.0 Å². The molecule has 0 amide bonds. The van der Waals surface area contributed by atoms with Gasteiger partial charge in [-0.2, -0.15) is 0 Å². The zero-order valence-electron chi connectivity index (χ0n) is 14.2. The minimum absolute atomic E-state index is 0.291. The lowest BCUT2D eigenvalue weighted by atomic mass is 9.94. The van der Waals surface area contributed by atoms with E-state index in [-0.39, 0.29) is 0 Å². The Morgan fingerprint density at radius 3 is 2.78 bits per heavy atom. The van der Waals surface area contributed by atoms with E-state index in [1.807, 2.05) is 11.6 Å². The van der Waals surface area contributed by atoms with Crippen LogP contribution in [-0.2, 0) is 20.0 Å². The molecule has 1 saturated heterocycles. The highest BCUT2D eigenvalue weighted by atomic mass is 32.1. The fourth-order valence-electron chi connectivity index (χ4n) is 3.05. The Kier molecular flexibility index (Phi) is 5.40. The molecule has 3 rings (SSSR count). The number of hydrogen-bond donors (Lipinski definition) is 1. The lowest BCUT2D eigenvalue weighted by molar-refractivity contribution is 0.243. The number of aromatic nitrogens is 4. The molecule has 3 heterocycles. The molecule has 0 radical (unpaired) electrons. The molecule has 1 fully saturated rings. The second-order valence-corrected chi connectivity index (χ2v) is 7.38. The van der Waals surface area contributed by atoms with Crippen molar-refractivity contribution < 1.29 is 0 Å². The average Bonchev–Trinajstić information content (AvgIpc) is 3.21. The number of nitrogens with zero attached hydrogens (tertiary/aromatic N) is 5. The van der Waals surface area contributed by atoms with Gasteiger partial charge in [-0.15, -0.1) is 21.5 Å². The normalized spacial score (nSPS) is 17.7. The third-order valence-corrected chi connectivity index (χ3v) is 5.79. The molecule has 7 heteroatoms. The van der Waals surface area contributed by atoms with Gasteiger partial charge >= 0.3 is 0 Å². The van der Waals surface area contributed by atoms with Crippen LogP contribution in [0.4, 0.5) is 0 Å². The van der Waals surface area contributed by atoms with Crippen LogP contribution in [0.2, 0.25) is 0 Å². The second-order valence-electron chi connectivity index (χ2n) is 6.45. The molecule has 0 aromatic carbocycles. The molecule has 2 aromatic heterocycles. The van der Waals surface area contributed by atoms with Crippen LogP contribution < -0.4 is 5.32 Å². The summed E-state index contributed by atoms with van der Waals surface area (Å²) < 4.78 is 2.17. The molecule has 1 unspecified atom stereocenters. The van der Waals surface area contributed by atoms with Crippen molar-refractivity contribution in [3.8, 4) is 0 Å². The van der Waals surface area contributed by atoms with Gasteiger partial charge in [0.2, 0.25) is 0 Å². The fourth-order valence-corrected chi connectivity index (χ4v) is 3.81. The monoisotopic (exact) mass is 334 g/mol. The van der Waals surface area contributed by atoms with E-state index in [1.165, 1.54) is 12.8 Å². The second kappa shape index (κ2) is 7.51. The van der Waals surface area contributed by atoms with Crippen molar-refractivity contribution in [2.75, 3.05) is 20.1 Å². The Bertz CT molecular complexity index is 602. The zero-order chi connectivity index (χ0) is 16.2. The van der Waals surface area contributed by atoms with E-state index in [2.05, 4.69) is 51.0 Å². The van der Waals surface area contributed by atoms with E-state index in [0.717, 1.165) is 48.6 Å². The van der Waals surface area contributed by atoms with Crippen LogP contribution in [0.5, 0.6) is 0 Å². The maximum Gasteiger partial charge on any atom is 0.146 e. The van der Waals surface area contributed by atoms with Gasteiger partial charge in [0.25, 0.3) is 0 Å². The maximum atomic E-state index is 4.44. The van der Waals surface area contributed by atoms with E-state index in [4.69, 9.17) is 0 Å². The molecule has 0 aliphatic carbocycles. The quantitative estimate of drug-likeness (QED) is 0.876. The zero-order valence-corrected chi connectivity index (χ0v) is 15.0. The molecule has 6 nitrogen and oxygen atoms in total. The highest BCUT2D eigenvalue weighted by molar-refractivity contribution is 7.09. The standard InChI is InChI=1S/C16H26N6S/c1-12(16-18-8-9-23-16)21(2)11-15-20-19-14(22(15)3)10-13-4-6-17-7-5-13/h8-9,12-13,17H,4-7,10-11H2,1-3H3. The van der Waals surface area contributed by atoms with Crippen molar-refractivity contribution in [2.45, 2.75) is 38.8 Å². The first-order chi connectivity index (χ1) is 11.1. The number of piperidine rings is 1. The summed E-state index contributed by atoms with van der Waals surface area (Å²) in [6, 6.07) is 0.291. The first-order valence-electron chi connectivity index (χ1n) is 8.32. The maximum absolute atomic E-state index is 4.44. The number of nitrogens with one attached hydrogen (secondary N) is 1. The van der Waals surface area contributed by atoms with Crippen LogP contribution in [0.15, 0.2) is 11.6 Å². The van der Waals surface area contributed by atoms with Crippen LogP contribution in [0.25, 0.3) is 0 Å². The summed E-state index contributed by atoms with van der Waals surface area (Å²) in [6.07, 6.45) is 5.38. The van der Waals surface area contributed by atoms with Crippen LogP contribution in [0.1, 0.15) is 42.5 Å². The van der Waals surface area contributed by atoms with Crippen molar-refractivity contribution in [1.29, 1.82) is 0 Å². The van der Waals surface area contributed by atoms with Crippen LogP contribution in [0, 0.1) is 5.92 Å². The van der Waals surface area contributed by atoms with Gasteiger partial charge in [0.15, 0.2) is 0 Å². The summed E-state index contributed by atoms with van der Waals surface area (Å²) in [4.78, 5) is 6.69. The first kappa shape index (κ1) is 16.5. The fraction of sp³-hybridized carbons (Fsp3) is 0.688. The van der Waals surface area contributed by atoms with Gasteiger partial charge in [-0.1, -0.05) is 0 Å². The van der Waals surface area contributed by atoms with Crippen molar-refractivity contribution >= 4 is 11.3 Å². The van der Waals surface area contributed by atoms with E-state index >= 15 is 0 Å². The summed E-state index contributed by atoms with van der Waals surface area (Å²) in [7, 11) is 4.21. The predicted octanol–water partition coefficient (Wildman–Crippen LogP) is 2.01. The van der Waals surface area contributed by atoms with Gasteiger partial charge in [-0.05, 0) is 45.8 Å². The Morgan fingerprint density at radius 2 is 2.09 bits per heavy atom. The number of hydrogen-bond acceptors (Lipinski definition) is 6. The molecule has 1 atom stereocenters. The van der Waals surface area contributed by atoms with Crippen molar-refractivity contribution in [2.24, 2.45) is 13.0 Å². The Balaban J connectivity index is 1.62. The molecule has 126 valence electrons. The minimum atomic E-state index is 0.291. The smallest absolute Gasteiger partial charge is 0.146 e. The van der Waals surface area contributed by atoms with Crippen LogP contribution in [0.3, 0.4) is 0 Å². The summed E-state index contributed by atoms with van der Waals surface area (Å²) >= 11 is 1.70. The highest BCUT2D eigenvalue weighted by Crippen LogP contribution is 2.22. The highest BCUT2D eigenvalue weighted by Gasteiger charge is 2.20. The Hall–Kier alpha value is -1.31. The van der Waals surface area contributed by atoms with Gasteiger partial charge in [-0.3, -0.25) is 4.90 Å². The van der Waals surface area contributed by atoms with Gasteiger partial charge in [0.1, 0.15) is 16.7 Å². The number of rotatable bonds is 6. The van der Waals surface area contributed by atoms with Crippen LogP contribution >= 0.6 is 11.3 Å². The summed E-state index contributed by atoms with van der Waals surface area (Å²) in [6.45, 7) is 5.23. The Morgan fingerprint density at radius 1 is 1.35 bits per heavy atom. The summed E-state index contributed by atoms with van der Waals surface area (Å²) in [5, 5.41) is 15.4. The molecule has 1 aliphatic heterocycles. The minimum Gasteiger partial charge on any atom is -0.317 e. The van der Waals surface area contributed by atoms with E-state index in [0.29, 0.717) is 6.04 Å². The van der Waals surface area contributed by atoms with E-state index in [9.17, 15) is 0 Å². The molecule has 2 aromatic rings. The van der Waals surface area contributed by atoms with E-state index < -0.39 is 0 Å². The molecule has 0 saturated carbocycles. The largest absolute Gasteiger partial charge is 0.317 e. The summed E-state index contributed by atoms with van der Waals surface area (Å²) in [5.74, 6) is 2.88. The molecular weight excluding hydrogens is 308 g/mol. The SMILES string of the molecule is CC(c1nccs1)N(C)Cc1nnc(CC2CCNCC2)n1C. The first-order valence-corrected chi connectivity index (χ1v) is 9.20. The molecular formula is C16H26N6S. The van der Waals surface area contributed by atoms with Crippen molar-refractivity contribution in [3.63, 3.8) is 0 Å². The molecule has 0 spiro atoms. The van der Waals surface area contributed by atoms with Gasteiger partial charge in [0.05, 0.1) is 12.6 Å². The predicted molar refractivity (Wildman–Crippen MR) is 92.3 cm³/mol. The molecule has 1 aliphatic rings. The topological polar surface area (TPSA) is 58.9 Å². The Labute approximate surface area is 141 Å². The lowest BCUT2D eigenvalue weighted by Gasteiger charge is -2.23. The molecule has 23 heavy (non-hydrogen) atoms. The lowest BCUT2D eigenvalue weighted by Crippen LogP contribution is -2.29. The molecule has 1 N–H and O–H groups in total. The van der Waals surface area contributed by atoms with E-state index in [1.54, 1.807) is 11.3 Å². The third kappa shape index (κ3) is 3.97. The van der Waals surface area contributed by atoms with Crippen molar-refractivity contribution in [1.82, 2.24) is 30.0 Å². The van der Waals surface area contributed by atoms with Gasteiger partial charge < -0.3 is 9.88 Å². The van der Waals surface area contributed by atoms with Gasteiger partial charge in [-0.25, -0.2) is 4.98 Å². The number of thiazole rings is 1. The third-order valence-electron chi connectivity index (χ3n) is 4.85. The molecule has 0 bridgehead atoms. The van der Waals surface area contributed by atoms with Crippen molar-refractivity contribution in [3.05, 3.63) is 28.2 Å². The average molecular weight is 334 g/mol. The summed E-state index contributed by atoms with van der Waals surface area (Å²) in [5.41, 5.74) is 0. The van der Waals surface area contributed by atoms with Crippen LogP contribution in [-0.4, -0.2) is 44.8 Å².